The number of carbonyl (C=O) groups is 1. The standard InChI is InChI=1S/C15H22N2O2/c1-19-13-6-3-2-5-12(13)9-14(18)17-11-15(10-16)7-4-8-15/h2-3,5-6H,4,7-11,16H2,1H3,(H,17,18). The van der Waals surface area contributed by atoms with Crippen LogP contribution < -0.4 is 15.8 Å². The second-order valence-corrected chi connectivity index (χ2v) is 5.32. The van der Waals surface area contributed by atoms with Crippen LogP contribution in [0.2, 0.25) is 0 Å². The van der Waals surface area contributed by atoms with Crippen LogP contribution in [0.1, 0.15) is 24.8 Å². The van der Waals surface area contributed by atoms with Gasteiger partial charge in [-0.05, 0) is 30.9 Å². The Hall–Kier alpha value is -1.55. The number of nitrogens with two attached hydrogens (primary N) is 1. The van der Waals surface area contributed by atoms with Gasteiger partial charge in [-0.25, -0.2) is 0 Å². The molecule has 19 heavy (non-hydrogen) atoms. The number of hydrogen-bond acceptors (Lipinski definition) is 3. The van der Waals surface area contributed by atoms with Crippen LogP contribution in [0.5, 0.6) is 5.75 Å². The Morgan fingerprint density at radius 2 is 2.16 bits per heavy atom. The molecule has 1 aliphatic carbocycles. The third kappa shape index (κ3) is 3.26. The third-order valence-electron chi connectivity index (χ3n) is 4.05. The summed E-state index contributed by atoms with van der Waals surface area (Å²) in [5, 5.41) is 3.00. The number of carbonyl (C=O) groups excluding carboxylic acids is 1. The lowest BCUT2D eigenvalue weighted by Gasteiger charge is -2.41. The molecule has 1 aliphatic rings. The molecule has 2 rings (SSSR count). The van der Waals surface area contributed by atoms with Gasteiger partial charge in [0.15, 0.2) is 0 Å². The first-order valence-electron chi connectivity index (χ1n) is 6.78. The van der Waals surface area contributed by atoms with Crippen molar-refractivity contribution in [2.24, 2.45) is 11.1 Å². The van der Waals surface area contributed by atoms with E-state index in [1.165, 1.54) is 6.42 Å². The summed E-state index contributed by atoms with van der Waals surface area (Å²) in [6, 6.07) is 7.60. The number of para-hydroxylation sites is 1. The summed E-state index contributed by atoms with van der Waals surface area (Å²) >= 11 is 0. The van der Waals surface area contributed by atoms with Gasteiger partial charge < -0.3 is 15.8 Å². The predicted octanol–water partition coefficient (Wildman–Crippen LogP) is 1.48. The Morgan fingerprint density at radius 1 is 1.42 bits per heavy atom. The quantitative estimate of drug-likeness (QED) is 0.816. The first-order valence-corrected chi connectivity index (χ1v) is 6.78. The molecule has 4 heteroatoms. The van der Waals surface area contributed by atoms with Crippen LogP contribution in [0.4, 0.5) is 0 Å². The first kappa shape index (κ1) is 13.9. The molecule has 0 heterocycles. The number of amides is 1. The molecule has 1 saturated carbocycles. The Bertz CT molecular complexity index is 436. The Balaban J connectivity index is 1.87. The van der Waals surface area contributed by atoms with E-state index in [0.717, 1.165) is 24.2 Å². The molecule has 104 valence electrons. The van der Waals surface area contributed by atoms with Crippen LogP contribution in [0.15, 0.2) is 24.3 Å². The van der Waals surface area contributed by atoms with Crippen LogP contribution in [0.3, 0.4) is 0 Å². The zero-order valence-corrected chi connectivity index (χ0v) is 11.4. The third-order valence-corrected chi connectivity index (χ3v) is 4.05. The van der Waals surface area contributed by atoms with Crippen molar-refractivity contribution in [2.75, 3.05) is 20.2 Å². The van der Waals surface area contributed by atoms with Crippen molar-refractivity contribution < 1.29 is 9.53 Å². The number of rotatable bonds is 6. The van der Waals surface area contributed by atoms with Crippen molar-refractivity contribution in [3.05, 3.63) is 29.8 Å². The fraction of sp³-hybridized carbons (Fsp3) is 0.533. The minimum absolute atomic E-state index is 0.0317. The molecule has 1 amide bonds. The summed E-state index contributed by atoms with van der Waals surface area (Å²) in [4.78, 5) is 12.0. The summed E-state index contributed by atoms with van der Waals surface area (Å²) in [5.41, 5.74) is 6.85. The Kier molecular flexibility index (Phi) is 4.43. The number of nitrogens with one attached hydrogen (secondary N) is 1. The van der Waals surface area contributed by atoms with E-state index in [4.69, 9.17) is 10.5 Å². The van der Waals surface area contributed by atoms with E-state index in [-0.39, 0.29) is 11.3 Å². The van der Waals surface area contributed by atoms with Crippen LogP contribution in [-0.4, -0.2) is 26.1 Å². The molecule has 1 aromatic rings. The van der Waals surface area contributed by atoms with Gasteiger partial charge in [-0.15, -0.1) is 0 Å². The fourth-order valence-electron chi connectivity index (χ4n) is 2.50. The number of ether oxygens (including phenoxy) is 1. The maximum absolute atomic E-state index is 12.0. The zero-order valence-electron chi connectivity index (χ0n) is 11.4. The molecule has 3 N–H and O–H groups in total. The molecular weight excluding hydrogens is 240 g/mol. The molecule has 0 atom stereocenters. The highest BCUT2D eigenvalue weighted by atomic mass is 16.5. The number of hydrogen-bond donors (Lipinski definition) is 2. The summed E-state index contributed by atoms with van der Waals surface area (Å²) in [6.07, 6.45) is 3.82. The topological polar surface area (TPSA) is 64.3 Å². The summed E-state index contributed by atoms with van der Waals surface area (Å²) in [5.74, 6) is 0.791. The van der Waals surface area contributed by atoms with E-state index in [1.807, 2.05) is 24.3 Å². The highest BCUT2D eigenvalue weighted by Crippen LogP contribution is 2.39. The molecule has 0 aliphatic heterocycles. The van der Waals surface area contributed by atoms with Gasteiger partial charge in [0.25, 0.3) is 0 Å². The Labute approximate surface area is 114 Å². The molecule has 0 spiro atoms. The lowest BCUT2D eigenvalue weighted by atomic mass is 9.69. The molecule has 1 aromatic carbocycles. The normalized spacial score (nSPS) is 16.5. The smallest absolute Gasteiger partial charge is 0.224 e. The van der Waals surface area contributed by atoms with E-state index in [0.29, 0.717) is 19.5 Å². The van der Waals surface area contributed by atoms with Gasteiger partial charge in [-0.2, -0.15) is 0 Å². The van der Waals surface area contributed by atoms with Crippen molar-refractivity contribution in [3.63, 3.8) is 0 Å². The highest BCUT2D eigenvalue weighted by molar-refractivity contribution is 5.79. The monoisotopic (exact) mass is 262 g/mol. The minimum atomic E-state index is 0.0317. The van der Waals surface area contributed by atoms with Crippen LogP contribution in [0.25, 0.3) is 0 Å². The minimum Gasteiger partial charge on any atom is -0.496 e. The SMILES string of the molecule is COc1ccccc1CC(=O)NCC1(CN)CCC1. The van der Waals surface area contributed by atoms with E-state index in [1.54, 1.807) is 7.11 Å². The second kappa shape index (κ2) is 6.06. The summed E-state index contributed by atoms with van der Waals surface area (Å²) in [7, 11) is 1.62. The molecule has 0 saturated heterocycles. The van der Waals surface area contributed by atoms with Crippen LogP contribution in [-0.2, 0) is 11.2 Å². The first-order chi connectivity index (χ1) is 9.19. The van der Waals surface area contributed by atoms with Gasteiger partial charge >= 0.3 is 0 Å². The number of methoxy groups -OCH3 is 1. The molecule has 0 unspecified atom stereocenters. The van der Waals surface area contributed by atoms with Gasteiger partial charge in [0.2, 0.25) is 5.91 Å². The van der Waals surface area contributed by atoms with Crippen molar-refractivity contribution in [3.8, 4) is 5.75 Å². The zero-order chi connectivity index (χ0) is 13.7. The summed E-state index contributed by atoms with van der Waals surface area (Å²) < 4.78 is 5.25. The maximum Gasteiger partial charge on any atom is 0.224 e. The van der Waals surface area contributed by atoms with Gasteiger partial charge in [0, 0.05) is 12.1 Å². The van der Waals surface area contributed by atoms with Gasteiger partial charge in [0.1, 0.15) is 5.75 Å². The van der Waals surface area contributed by atoms with E-state index in [9.17, 15) is 4.79 Å². The fourth-order valence-corrected chi connectivity index (χ4v) is 2.50. The second-order valence-electron chi connectivity index (χ2n) is 5.32. The lowest BCUT2D eigenvalue weighted by Crippen LogP contribution is -2.47. The van der Waals surface area contributed by atoms with Gasteiger partial charge in [0.05, 0.1) is 13.5 Å². The molecule has 1 fully saturated rings. The van der Waals surface area contributed by atoms with Crippen molar-refractivity contribution in [1.82, 2.24) is 5.32 Å². The Morgan fingerprint density at radius 3 is 2.74 bits per heavy atom. The van der Waals surface area contributed by atoms with Crippen LogP contribution in [0, 0.1) is 5.41 Å². The molecule has 0 radical (unpaired) electrons. The average molecular weight is 262 g/mol. The molecule has 0 bridgehead atoms. The van der Waals surface area contributed by atoms with E-state index in [2.05, 4.69) is 5.32 Å². The largest absolute Gasteiger partial charge is 0.496 e. The van der Waals surface area contributed by atoms with Crippen molar-refractivity contribution in [1.29, 1.82) is 0 Å². The number of benzene rings is 1. The molecule has 4 nitrogen and oxygen atoms in total. The maximum atomic E-state index is 12.0. The average Bonchev–Trinajstić information content (AvgIpc) is 2.38. The van der Waals surface area contributed by atoms with E-state index >= 15 is 0 Å². The predicted molar refractivity (Wildman–Crippen MR) is 75.0 cm³/mol. The lowest BCUT2D eigenvalue weighted by molar-refractivity contribution is -0.121. The van der Waals surface area contributed by atoms with Crippen LogP contribution >= 0.6 is 0 Å². The molecule has 0 aromatic heterocycles. The van der Waals surface area contributed by atoms with Gasteiger partial charge in [-0.1, -0.05) is 24.6 Å². The van der Waals surface area contributed by atoms with Crippen molar-refractivity contribution >= 4 is 5.91 Å². The summed E-state index contributed by atoms with van der Waals surface area (Å²) in [6.45, 7) is 1.35. The highest BCUT2D eigenvalue weighted by Gasteiger charge is 2.35. The van der Waals surface area contributed by atoms with Crippen molar-refractivity contribution in [2.45, 2.75) is 25.7 Å². The van der Waals surface area contributed by atoms with E-state index < -0.39 is 0 Å². The van der Waals surface area contributed by atoms with Gasteiger partial charge in [-0.3, -0.25) is 4.79 Å². The molecular formula is C15H22N2O2.